The maximum absolute atomic E-state index is 12.0. The number of nitrogens with one attached hydrogen (secondary N) is 1. The fourth-order valence-corrected chi connectivity index (χ4v) is 4.86. The van der Waals surface area contributed by atoms with Crippen LogP contribution in [-0.2, 0) is 19.6 Å². The lowest BCUT2D eigenvalue weighted by atomic mass is 10.1. The number of hydrogen-bond donors (Lipinski definition) is 1. The molecule has 0 aromatic carbocycles. The molecule has 0 unspecified atom stereocenters. The summed E-state index contributed by atoms with van der Waals surface area (Å²) in [6.07, 6.45) is 0. The van der Waals surface area contributed by atoms with E-state index in [-0.39, 0.29) is 4.21 Å². The van der Waals surface area contributed by atoms with Gasteiger partial charge in [0.05, 0.1) is 7.11 Å². The zero-order chi connectivity index (χ0) is 13.3. The molecule has 1 heterocycles. The number of hydrogen-bond acceptors (Lipinski definition) is 5. The minimum atomic E-state index is -3.74. The Bertz CT molecular complexity index is 521. The summed E-state index contributed by atoms with van der Waals surface area (Å²) in [5.74, 6) is -0.645. The predicted molar refractivity (Wildman–Crippen MR) is 68.4 cm³/mol. The zero-order valence-corrected chi connectivity index (χ0v) is 12.7. The van der Waals surface area contributed by atoms with E-state index in [1.165, 1.54) is 21.0 Å². The largest absolute Gasteiger partial charge is 0.468 e. The molecule has 8 heteroatoms. The van der Waals surface area contributed by atoms with Crippen molar-refractivity contribution in [1.82, 2.24) is 4.72 Å². The second kappa shape index (κ2) is 5.05. The van der Waals surface area contributed by atoms with Crippen LogP contribution in [0.4, 0.5) is 0 Å². The van der Waals surface area contributed by atoms with Gasteiger partial charge in [-0.2, -0.15) is 4.72 Å². The molecule has 0 radical (unpaired) electrons. The van der Waals surface area contributed by atoms with Crippen molar-refractivity contribution in [3.05, 3.63) is 15.9 Å². The maximum atomic E-state index is 12.0. The van der Waals surface area contributed by atoms with Crippen molar-refractivity contribution < 1.29 is 17.9 Å². The third-order valence-corrected chi connectivity index (χ3v) is 6.24. The molecule has 1 rings (SSSR count). The van der Waals surface area contributed by atoms with Crippen LogP contribution < -0.4 is 4.72 Å². The summed E-state index contributed by atoms with van der Waals surface area (Å²) < 4.78 is 31.5. The van der Waals surface area contributed by atoms with E-state index in [0.29, 0.717) is 4.47 Å². The standard InChI is InChI=1S/C9H12BrNO4S2/c1-9(2,8(12)15-3)11-17(13,14)7-6(10)4-5-16-7/h4-5,11H,1-3H3. The lowest BCUT2D eigenvalue weighted by Gasteiger charge is -2.22. The average molecular weight is 342 g/mol. The monoisotopic (exact) mass is 341 g/mol. The van der Waals surface area contributed by atoms with E-state index in [9.17, 15) is 13.2 Å². The van der Waals surface area contributed by atoms with E-state index in [2.05, 4.69) is 25.4 Å². The Morgan fingerprint density at radius 3 is 2.53 bits per heavy atom. The van der Waals surface area contributed by atoms with Crippen molar-refractivity contribution in [2.24, 2.45) is 0 Å². The van der Waals surface area contributed by atoms with Crippen LogP contribution in [0.1, 0.15) is 13.8 Å². The van der Waals surface area contributed by atoms with Gasteiger partial charge in [-0.1, -0.05) is 0 Å². The molecule has 0 bridgehead atoms. The molecular weight excluding hydrogens is 330 g/mol. The number of rotatable bonds is 4. The summed E-state index contributed by atoms with van der Waals surface area (Å²) >= 11 is 4.21. The number of esters is 1. The predicted octanol–water partition coefficient (Wildman–Crippen LogP) is 1.74. The van der Waals surface area contributed by atoms with Crippen molar-refractivity contribution in [2.45, 2.75) is 23.6 Å². The van der Waals surface area contributed by atoms with Gasteiger partial charge in [0.1, 0.15) is 9.75 Å². The van der Waals surface area contributed by atoms with E-state index in [1.807, 2.05) is 0 Å². The number of methoxy groups -OCH3 is 1. The molecule has 1 aromatic heterocycles. The maximum Gasteiger partial charge on any atom is 0.326 e. The van der Waals surface area contributed by atoms with E-state index < -0.39 is 21.5 Å². The summed E-state index contributed by atoms with van der Waals surface area (Å²) in [4.78, 5) is 11.4. The van der Waals surface area contributed by atoms with Crippen molar-refractivity contribution in [3.63, 3.8) is 0 Å². The van der Waals surface area contributed by atoms with Gasteiger partial charge in [0.2, 0.25) is 0 Å². The summed E-state index contributed by atoms with van der Waals surface area (Å²) in [7, 11) is -2.53. The second-order valence-electron chi connectivity index (χ2n) is 3.78. The summed E-state index contributed by atoms with van der Waals surface area (Å²) in [5, 5.41) is 1.64. The first-order valence-corrected chi connectivity index (χ1v) is 7.71. The van der Waals surface area contributed by atoms with Crippen molar-refractivity contribution in [1.29, 1.82) is 0 Å². The van der Waals surface area contributed by atoms with Gasteiger partial charge in [-0.3, -0.25) is 4.79 Å². The smallest absolute Gasteiger partial charge is 0.326 e. The first-order chi connectivity index (χ1) is 7.70. The van der Waals surface area contributed by atoms with E-state index in [4.69, 9.17) is 0 Å². The number of halogens is 1. The number of ether oxygens (including phenoxy) is 1. The van der Waals surface area contributed by atoms with E-state index >= 15 is 0 Å². The third kappa shape index (κ3) is 3.27. The summed E-state index contributed by atoms with van der Waals surface area (Å²) in [6.45, 7) is 2.88. The van der Waals surface area contributed by atoms with Crippen LogP contribution in [0.25, 0.3) is 0 Å². The van der Waals surface area contributed by atoms with Crippen molar-refractivity contribution >= 4 is 43.3 Å². The van der Waals surface area contributed by atoms with Crippen LogP contribution >= 0.6 is 27.3 Å². The Hall–Kier alpha value is -0.440. The molecule has 1 aromatic rings. The van der Waals surface area contributed by atoms with E-state index in [1.54, 1.807) is 11.4 Å². The number of sulfonamides is 1. The summed E-state index contributed by atoms with van der Waals surface area (Å²) in [6, 6.07) is 1.63. The Kier molecular flexibility index (Phi) is 4.34. The van der Waals surface area contributed by atoms with Gasteiger partial charge in [0.25, 0.3) is 10.0 Å². The van der Waals surface area contributed by atoms with Gasteiger partial charge in [-0.05, 0) is 41.2 Å². The normalized spacial score (nSPS) is 12.5. The fourth-order valence-electron chi connectivity index (χ4n) is 1.15. The molecule has 0 aliphatic rings. The Balaban J connectivity index is 3.04. The molecule has 5 nitrogen and oxygen atoms in total. The van der Waals surface area contributed by atoms with Crippen LogP contribution in [0, 0.1) is 0 Å². The minimum absolute atomic E-state index is 0.134. The van der Waals surface area contributed by atoms with Crippen LogP contribution in [0.5, 0.6) is 0 Å². The SMILES string of the molecule is COC(=O)C(C)(C)NS(=O)(=O)c1sccc1Br. The second-order valence-corrected chi connectivity index (χ2v) is 7.43. The Morgan fingerprint density at radius 1 is 1.53 bits per heavy atom. The minimum Gasteiger partial charge on any atom is -0.468 e. The van der Waals surface area contributed by atoms with Crippen molar-refractivity contribution in [3.8, 4) is 0 Å². The zero-order valence-electron chi connectivity index (χ0n) is 9.48. The molecule has 96 valence electrons. The average Bonchev–Trinajstić information content (AvgIpc) is 2.62. The molecule has 0 spiro atoms. The first-order valence-electron chi connectivity index (χ1n) is 4.56. The molecule has 0 aliphatic heterocycles. The molecule has 0 saturated heterocycles. The summed E-state index contributed by atoms with van der Waals surface area (Å²) in [5.41, 5.74) is -1.31. The van der Waals surface area contributed by atoms with Gasteiger partial charge in [0, 0.05) is 4.47 Å². The van der Waals surface area contributed by atoms with Crippen LogP contribution in [0.2, 0.25) is 0 Å². The molecule has 17 heavy (non-hydrogen) atoms. The topological polar surface area (TPSA) is 72.5 Å². The lowest BCUT2D eigenvalue weighted by Crippen LogP contribution is -2.50. The lowest BCUT2D eigenvalue weighted by molar-refractivity contribution is -0.146. The number of carbonyl (C=O) groups is 1. The molecule has 0 fully saturated rings. The Morgan fingerprint density at radius 2 is 2.12 bits per heavy atom. The quantitative estimate of drug-likeness (QED) is 0.846. The van der Waals surface area contributed by atoms with Crippen molar-refractivity contribution in [2.75, 3.05) is 7.11 Å². The highest BCUT2D eigenvalue weighted by Gasteiger charge is 2.35. The van der Waals surface area contributed by atoms with Gasteiger partial charge >= 0.3 is 5.97 Å². The first kappa shape index (κ1) is 14.6. The van der Waals surface area contributed by atoms with Gasteiger partial charge < -0.3 is 4.74 Å². The molecular formula is C9H12BrNO4S2. The fraction of sp³-hybridized carbons (Fsp3) is 0.444. The van der Waals surface area contributed by atoms with Crippen LogP contribution in [0.15, 0.2) is 20.1 Å². The molecule has 0 saturated carbocycles. The van der Waals surface area contributed by atoms with Gasteiger partial charge in [0.15, 0.2) is 0 Å². The highest BCUT2D eigenvalue weighted by molar-refractivity contribution is 9.10. The van der Waals surface area contributed by atoms with Crippen LogP contribution in [-0.4, -0.2) is 27.0 Å². The molecule has 0 amide bonds. The Labute approximate surface area is 112 Å². The third-order valence-electron chi connectivity index (χ3n) is 1.91. The van der Waals surface area contributed by atoms with Gasteiger partial charge in [-0.25, -0.2) is 8.42 Å². The number of thiophene rings is 1. The highest BCUT2D eigenvalue weighted by Crippen LogP contribution is 2.28. The molecule has 0 aliphatic carbocycles. The van der Waals surface area contributed by atoms with E-state index in [0.717, 1.165) is 11.3 Å². The number of carbonyl (C=O) groups excluding carboxylic acids is 1. The molecule has 1 N–H and O–H groups in total. The highest BCUT2D eigenvalue weighted by atomic mass is 79.9. The van der Waals surface area contributed by atoms with Crippen LogP contribution in [0.3, 0.4) is 0 Å². The van der Waals surface area contributed by atoms with Gasteiger partial charge in [-0.15, -0.1) is 11.3 Å². The molecule has 0 atom stereocenters.